The molecule has 3 aliphatic heterocycles. The van der Waals surface area contributed by atoms with Crippen molar-refractivity contribution in [1.82, 2.24) is 0 Å². The van der Waals surface area contributed by atoms with Crippen LogP contribution in [0.15, 0.2) is 30.3 Å². The predicted octanol–water partition coefficient (Wildman–Crippen LogP) is 3.53. The lowest BCUT2D eigenvalue weighted by atomic mass is 10.1. The zero-order valence-electron chi connectivity index (χ0n) is 17.9. The zero-order chi connectivity index (χ0) is 21.0. The van der Waals surface area contributed by atoms with Gasteiger partial charge in [-0.2, -0.15) is 0 Å². The summed E-state index contributed by atoms with van der Waals surface area (Å²) in [6.45, 7) is 12.2. The molecule has 0 radical (unpaired) electrons. The van der Waals surface area contributed by atoms with Gasteiger partial charge in [0.25, 0.3) is 0 Å². The van der Waals surface area contributed by atoms with E-state index < -0.39 is 30.2 Å². The summed E-state index contributed by atoms with van der Waals surface area (Å²) >= 11 is 6.18. The summed E-state index contributed by atoms with van der Waals surface area (Å²) in [6.07, 6.45) is -4.32. The number of rotatable bonds is 5. The van der Waals surface area contributed by atoms with Crippen LogP contribution < -0.4 is 5.30 Å². The van der Waals surface area contributed by atoms with E-state index in [2.05, 4.69) is 26.0 Å². The highest BCUT2D eigenvalue weighted by Crippen LogP contribution is 2.55. The van der Waals surface area contributed by atoms with E-state index >= 15 is 0 Å². The summed E-state index contributed by atoms with van der Waals surface area (Å²) in [5.41, 5.74) is 0.159. The number of fused-ring (bicyclic) bond motifs is 1. The summed E-state index contributed by atoms with van der Waals surface area (Å²) in [5, 5.41) is 1.05. The summed E-state index contributed by atoms with van der Waals surface area (Å²) in [4.78, 5) is 0. The van der Waals surface area contributed by atoms with Gasteiger partial charge >= 0.3 is 0 Å². The molecule has 1 unspecified atom stereocenters. The van der Waals surface area contributed by atoms with Crippen molar-refractivity contribution in [1.29, 1.82) is 0 Å². The smallest absolute Gasteiger partial charge is 0.190 e. The molecule has 0 N–H and O–H groups in total. The van der Waals surface area contributed by atoms with Crippen molar-refractivity contribution in [3.05, 3.63) is 30.3 Å². The molecule has 1 aromatic carbocycles. The fourth-order valence-electron chi connectivity index (χ4n) is 4.10. The topological polar surface area (TPSA) is 55.4 Å². The van der Waals surface area contributed by atoms with E-state index in [4.69, 9.17) is 40.0 Å². The molecular formula is C21H31O6PS. The molecule has 0 bridgehead atoms. The van der Waals surface area contributed by atoms with E-state index in [-0.39, 0.29) is 24.0 Å². The molecule has 6 atom stereocenters. The van der Waals surface area contributed by atoms with Crippen LogP contribution in [0.3, 0.4) is 0 Å². The van der Waals surface area contributed by atoms with Crippen LogP contribution in [0.2, 0.25) is 0 Å². The number of hydrogen-bond acceptors (Lipinski definition) is 7. The summed E-state index contributed by atoms with van der Waals surface area (Å²) in [5.74, 6) is -1.39. The standard InChI is InChI=1S/C21H31O6PS/c1-13(2)28(29,14-10-8-7-9-11-14)27-17-16(15-12-22-20(3,4)24-15)23-19-18(17)25-21(5,6)26-19/h7-11,13,15-19H,12H2,1-6H3/t15-,16-,17+,18-,19-,28?/m1/s1. The van der Waals surface area contributed by atoms with E-state index in [1.54, 1.807) is 0 Å². The Morgan fingerprint density at radius 3 is 2.28 bits per heavy atom. The molecule has 4 rings (SSSR count). The average molecular weight is 443 g/mol. The van der Waals surface area contributed by atoms with Gasteiger partial charge in [0.2, 0.25) is 0 Å². The average Bonchev–Trinajstić information content (AvgIpc) is 3.25. The van der Waals surface area contributed by atoms with Gasteiger partial charge in [-0.15, -0.1) is 0 Å². The largest absolute Gasteiger partial charge is 0.348 e. The maximum Gasteiger partial charge on any atom is 0.190 e. The molecule has 6 nitrogen and oxygen atoms in total. The molecule has 0 aromatic heterocycles. The first-order valence-electron chi connectivity index (χ1n) is 10.2. The van der Waals surface area contributed by atoms with E-state index in [0.29, 0.717) is 6.61 Å². The fraction of sp³-hybridized carbons (Fsp3) is 0.714. The summed E-state index contributed by atoms with van der Waals surface area (Å²) in [6, 6.07) is 10.1. The van der Waals surface area contributed by atoms with Crippen LogP contribution in [-0.4, -0.2) is 54.5 Å². The van der Waals surface area contributed by atoms with E-state index in [9.17, 15) is 0 Å². The second-order valence-electron chi connectivity index (χ2n) is 9.03. The van der Waals surface area contributed by atoms with Crippen molar-refractivity contribution in [2.24, 2.45) is 0 Å². The first-order chi connectivity index (χ1) is 13.5. The minimum Gasteiger partial charge on any atom is -0.348 e. The Labute approximate surface area is 178 Å². The molecule has 3 fully saturated rings. The SMILES string of the molecule is CC(C)P(=S)(O[C@@H]1[C@H]2OC(C)(C)O[C@H]2O[C@@H]1[C@H]1COC(C)(C)O1)c1ccccc1. The molecule has 0 amide bonds. The van der Waals surface area contributed by atoms with E-state index in [0.717, 1.165) is 5.30 Å². The monoisotopic (exact) mass is 442 g/mol. The minimum absolute atomic E-state index is 0.159. The Morgan fingerprint density at radius 1 is 1.00 bits per heavy atom. The predicted molar refractivity (Wildman–Crippen MR) is 114 cm³/mol. The molecule has 29 heavy (non-hydrogen) atoms. The second-order valence-corrected chi connectivity index (χ2v) is 13.6. The van der Waals surface area contributed by atoms with Gasteiger partial charge in [0.1, 0.15) is 24.4 Å². The van der Waals surface area contributed by atoms with Crippen molar-refractivity contribution in [2.75, 3.05) is 6.61 Å². The molecule has 0 spiro atoms. The number of benzene rings is 1. The van der Waals surface area contributed by atoms with Crippen LogP contribution in [0.5, 0.6) is 0 Å². The minimum atomic E-state index is -2.37. The Bertz CT molecular complexity index is 783. The molecule has 8 heteroatoms. The molecule has 162 valence electrons. The summed E-state index contributed by atoms with van der Waals surface area (Å²) < 4.78 is 37.1. The van der Waals surface area contributed by atoms with Gasteiger partial charge in [0, 0.05) is 11.0 Å². The summed E-state index contributed by atoms with van der Waals surface area (Å²) in [7, 11) is 0. The highest BCUT2D eigenvalue weighted by molar-refractivity contribution is 8.16. The van der Waals surface area contributed by atoms with Crippen molar-refractivity contribution in [3.63, 3.8) is 0 Å². The molecule has 3 saturated heterocycles. The van der Waals surface area contributed by atoms with Crippen molar-refractivity contribution in [3.8, 4) is 0 Å². The quantitative estimate of drug-likeness (QED) is 0.647. The van der Waals surface area contributed by atoms with Crippen LogP contribution in [0.25, 0.3) is 0 Å². The van der Waals surface area contributed by atoms with Crippen molar-refractivity contribution >= 4 is 23.4 Å². The van der Waals surface area contributed by atoms with Gasteiger partial charge in [-0.05, 0) is 27.7 Å². The first-order valence-corrected chi connectivity index (χ1v) is 13.0. The fourth-order valence-corrected chi connectivity index (χ4v) is 6.91. The van der Waals surface area contributed by atoms with Crippen LogP contribution in [0, 0.1) is 0 Å². The van der Waals surface area contributed by atoms with Crippen LogP contribution in [0.1, 0.15) is 41.5 Å². The highest BCUT2D eigenvalue weighted by Gasteiger charge is 2.60. The lowest BCUT2D eigenvalue weighted by molar-refractivity contribution is -0.230. The van der Waals surface area contributed by atoms with Crippen LogP contribution >= 0.6 is 6.26 Å². The van der Waals surface area contributed by atoms with Gasteiger partial charge in [-0.1, -0.05) is 56.0 Å². The second kappa shape index (κ2) is 7.64. The molecule has 1 aromatic rings. The van der Waals surface area contributed by atoms with Crippen LogP contribution in [-0.2, 0) is 40.0 Å². The third kappa shape index (κ3) is 4.21. The van der Waals surface area contributed by atoms with Gasteiger partial charge < -0.3 is 28.2 Å². The molecular weight excluding hydrogens is 411 g/mol. The van der Waals surface area contributed by atoms with Crippen molar-refractivity contribution < 1.29 is 28.2 Å². The van der Waals surface area contributed by atoms with E-state index in [1.807, 2.05) is 45.9 Å². The molecule has 3 aliphatic rings. The molecule has 0 saturated carbocycles. The molecule has 3 heterocycles. The normalized spacial score (nSPS) is 37.6. The van der Waals surface area contributed by atoms with Gasteiger partial charge in [0.15, 0.2) is 17.9 Å². The number of hydrogen-bond donors (Lipinski definition) is 0. The zero-order valence-corrected chi connectivity index (χ0v) is 19.6. The Hall–Kier alpha value is -0.370. The Morgan fingerprint density at radius 2 is 1.69 bits per heavy atom. The number of ether oxygens (including phenoxy) is 5. The highest BCUT2D eigenvalue weighted by atomic mass is 32.4. The third-order valence-electron chi connectivity index (χ3n) is 5.50. The maximum atomic E-state index is 6.81. The third-order valence-corrected chi connectivity index (χ3v) is 10.6. The van der Waals surface area contributed by atoms with Gasteiger partial charge in [0.05, 0.1) is 12.9 Å². The first kappa shape index (κ1) is 21.8. The lowest BCUT2D eigenvalue weighted by Crippen LogP contribution is -2.44. The van der Waals surface area contributed by atoms with E-state index in [1.165, 1.54) is 0 Å². The van der Waals surface area contributed by atoms with Crippen LogP contribution in [0.4, 0.5) is 0 Å². The van der Waals surface area contributed by atoms with Gasteiger partial charge in [-0.3, -0.25) is 0 Å². The molecule has 0 aliphatic carbocycles. The Kier molecular flexibility index (Phi) is 5.76. The van der Waals surface area contributed by atoms with Gasteiger partial charge in [-0.25, -0.2) is 0 Å². The Balaban J connectivity index is 1.66. The lowest BCUT2D eigenvalue weighted by Gasteiger charge is -2.35. The maximum absolute atomic E-state index is 6.81. The van der Waals surface area contributed by atoms with Crippen molar-refractivity contribution in [2.45, 2.75) is 89.5 Å².